The topological polar surface area (TPSA) is 238 Å². The van der Waals surface area contributed by atoms with E-state index in [1.165, 1.54) is 4.90 Å². The van der Waals surface area contributed by atoms with E-state index in [4.69, 9.17) is 23.9 Å². The molecule has 2 fully saturated rings. The fraction of sp³-hybridized carbons (Fsp3) is 0.553. The van der Waals surface area contributed by atoms with Crippen LogP contribution >= 0.6 is 0 Å². The number of carbonyl (C=O) groups is 5. The van der Waals surface area contributed by atoms with Gasteiger partial charge in [-0.3, -0.25) is 29.3 Å². The molecule has 3 aliphatic heterocycles. The molecule has 1 saturated carbocycles. The molecular weight excluding hydrogens is 865 g/mol. The molecule has 20 heteroatoms. The molecule has 7 rings (SSSR count). The highest BCUT2D eigenvalue weighted by atomic mass is 16.5. The van der Waals surface area contributed by atoms with Crippen LogP contribution in [0.2, 0.25) is 0 Å². The average Bonchev–Trinajstić information content (AvgIpc) is 3.98. The maximum Gasteiger partial charge on any atom is 0.255 e. The van der Waals surface area contributed by atoms with Crippen LogP contribution in [0.1, 0.15) is 91.0 Å². The van der Waals surface area contributed by atoms with Gasteiger partial charge in [0.15, 0.2) is 5.82 Å². The molecule has 0 spiro atoms. The van der Waals surface area contributed by atoms with Crippen molar-refractivity contribution in [2.45, 2.75) is 95.6 Å². The lowest BCUT2D eigenvalue weighted by atomic mass is 10.0. The van der Waals surface area contributed by atoms with Crippen molar-refractivity contribution in [3.63, 3.8) is 0 Å². The second-order valence-corrected chi connectivity index (χ2v) is 17.0. The van der Waals surface area contributed by atoms with Gasteiger partial charge in [0.05, 0.1) is 64.7 Å². The number of nitrogens with one attached hydrogen (secondary N) is 5. The van der Waals surface area contributed by atoms with Crippen LogP contribution in [0.5, 0.6) is 5.75 Å². The third-order valence-electron chi connectivity index (χ3n) is 12.6. The second-order valence-electron chi connectivity index (χ2n) is 17.0. The molecule has 2 aromatic carbocycles. The van der Waals surface area contributed by atoms with Crippen molar-refractivity contribution >= 4 is 58.4 Å². The third-order valence-corrected chi connectivity index (χ3v) is 12.6. The van der Waals surface area contributed by atoms with Crippen LogP contribution in [0, 0.1) is 0 Å². The number of nitrogens with zero attached hydrogens (tertiary/aromatic N) is 5. The van der Waals surface area contributed by atoms with E-state index in [1.807, 2.05) is 11.9 Å². The Labute approximate surface area is 390 Å². The lowest BCUT2D eigenvalue weighted by Crippen LogP contribution is -2.58. The number of rotatable bonds is 24. The number of imide groups is 1. The zero-order chi connectivity index (χ0) is 47.3. The number of aromatic nitrogens is 2. The molecule has 67 heavy (non-hydrogen) atoms. The minimum absolute atomic E-state index is 0.0802. The van der Waals surface area contributed by atoms with Crippen LogP contribution in [0.3, 0.4) is 0 Å². The van der Waals surface area contributed by atoms with E-state index in [1.54, 1.807) is 49.7 Å². The summed E-state index contributed by atoms with van der Waals surface area (Å²) in [6.07, 6.45) is 7.66. The summed E-state index contributed by atoms with van der Waals surface area (Å²) in [5.41, 5.74) is 3.49. The zero-order valence-electron chi connectivity index (χ0n) is 38.6. The molecule has 4 aliphatic rings. The number of aliphatic hydroxyl groups is 1. The van der Waals surface area contributed by atoms with E-state index in [-0.39, 0.29) is 55.5 Å². The summed E-state index contributed by atoms with van der Waals surface area (Å²) in [4.78, 5) is 77.8. The number of anilines is 5. The summed E-state index contributed by atoms with van der Waals surface area (Å²) >= 11 is 0. The Morgan fingerprint density at radius 3 is 2.40 bits per heavy atom. The second kappa shape index (κ2) is 23.7. The highest BCUT2D eigenvalue weighted by Crippen LogP contribution is 2.42. The van der Waals surface area contributed by atoms with Gasteiger partial charge >= 0.3 is 0 Å². The maximum atomic E-state index is 13.0. The van der Waals surface area contributed by atoms with Gasteiger partial charge < -0.3 is 60.0 Å². The minimum Gasteiger partial charge on any atom is -0.495 e. The van der Waals surface area contributed by atoms with Gasteiger partial charge in [-0.2, -0.15) is 4.98 Å². The van der Waals surface area contributed by atoms with Gasteiger partial charge in [-0.1, -0.05) is 25.8 Å². The van der Waals surface area contributed by atoms with Crippen LogP contribution in [0.25, 0.3) is 0 Å². The number of ether oxygens (including phenoxy) is 4. The normalized spacial score (nSPS) is 19.3. The molecule has 362 valence electrons. The number of likely N-dealkylation sites (N-methyl/N-ethyl adjacent to an activating group) is 1. The fourth-order valence-electron chi connectivity index (χ4n) is 9.10. The number of hydrogen-bond donors (Lipinski definition) is 6. The molecule has 0 radical (unpaired) electrons. The van der Waals surface area contributed by atoms with Crippen LogP contribution in [0.4, 0.5) is 28.8 Å². The molecule has 0 bridgehead atoms. The number of methoxy groups -OCH3 is 1. The Kier molecular flexibility index (Phi) is 17.3. The Bertz CT molecular complexity index is 2220. The summed E-state index contributed by atoms with van der Waals surface area (Å²) in [5, 5.41) is 25.7. The van der Waals surface area contributed by atoms with E-state index >= 15 is 0 Å². The number of carbonyl (C=O) groups excluding carboxylic acids is 5. The lowest BCUT2D eigenvalue weighted by molar-refractivity contribution is -0.137. The van der Waals surface area contributed by atoms with Crippen LogP contribution < -0.4 is 41.1 Å². The Morgan fingerprint density at radius 1 is 0.925 bits per heavy atom. The fourth-order valence-corrected chi connectivity index (χ4v) is 9.10. The van der Waals surface area contributed by atoms with Crippen molar-refractivity contribution in [3.05, 3.63) is 59.3 Å². The van der Waals surface area contributed by atoms with Gasteiger partial charge in [-0.05, 0) is 69.0 Å². The smallest absolute Gasteiger partial charge is 0.255 e. The standard InChI is InChI=1S/C47H64N10O10/c1-4-36-46(63)55(2)38-28-50-47(54-42(38)57(36)31-9-5-6-10-31)52-35-15-14-30(27-39(35)64-3)43(60)49-20-22-66-24-26-67-25-23-65-21-19-48-18-8-13-40(58)51-34-12-7-11-32-33(34)29-56(45(32)62)37-16-17-41(59)53-44(37)61/h7,11-12,14-15,27-28,31,36-37,46,48,63H,4-6,8-10,13,16-26,29H2,1-3H3,(H,49,60)(H,51,58)(H,50,52,54)(H,53,59,61)/t36-,37?,46?/m1/s1. The van der Waals surface area contributed by atoms with E-state index in [9.17, 15) is 29.1 Å². The maximum absolute atomic E-state index is 13.0. The minimum atomic E-state index is -0.718. The van der Waals surface area contributed by atoms with E-state index in [2.05, 4.69) is 43.4 Å². The summed E-state index contributed by atoms with van der Waals surface area (Å²) in [6.45, 7) is 6.20. The van der Waals surface area contributed by atoms with Crippen molar-refractivity contribution in [3.8, 4) is 5.75 Å². The predicted molar refractivity (Wildman–Crippen MR) is 250 cm³/mol. The molecule has 4 heterocycles. The van der Waals surface area contributed by atoms with Crippen molar-refractivity contribution < 1.29 is 48.0 Å². The van der Waals surface area contributed by atoms with E-state index < -0.39 is 18.2 Å². The number of fused-ring (bicyclic) bond motifs is 2. The quantitative estimate of drug-likeness (QED) is 0.0559. The first-order chi connectivity index (χ1) is 32.6. The van der Waals surface area contributed by atoms with Gasteiger partial charge in [0.25, 0.3) is 11.8 Å². The van der Waals surface area contributed by atoms with Crippen molar-refractivity contribution in [2.24, 2.45) is 0 Å². The molecule has 1 aromatic heterocycles. The largest absolute Gasteiger partial charge is 0.495 e. The highest BCUT2D eigenvalue weighted by Gasteiger charge is 2.42. The van der Waals surface area contributed by atoms with E-state index in [0.29, 0.717) is 112 Å². The first-order valence-electron chi connectivity index (χ1n) is 23.4. The number of benzene rings is 2. The van der Waals surface area contributed by atoms with Gasteiger partial charge in [-0.25, -0.2) is 4.98 Å². The molecule has 3 atom stereocenters. The molecule has 2 unspecified atom stereocenters. The molecule has 6 N–H and O–H groups in total. The summed E-state index contributed by atoms with van der Waals surface area (Å²) < 4.78 is 22.5. The first kappa shape index (κ1) is 49.0. The highest BCUT2D eigenvalue weighted by molar-refractivity contribution is 6.07. The Hall–Kier alpha value is -5.93. The number of amides is 5. The predicted octanol–water partition coefficient (Wildman–Crippen LogP) is 3.07. The molecule has 3 aromatic rings. The van der Waals surface area contributed by atoms with Crippen LogP contribution in [0.15, 0.2) is 42.6 Å². The Balaban J connectivity index is 0.713. The van der Waals surface area contributed by atoms with Crippen LogP contribution in [-0.4, -0.2) is 147 Å². The van der Waals surface area contributed by atoms with Gasteiger partial charge in [0.2, 0.25) is 23.7 Å². The first-order valence-corrected chi connectivity index (χ1v) is 23.4. The summed E-state index contributed by atoms with van der Waals surface area (Å²) in [7, 11) is 3.41. The molecule has 1 saturated heterocycles. The number of aliphatic hydroxyl groups excluding tert-OH is 1. The lowest BCUT2D eigenvalue weighted by Gasteiger charge is -2.48. The van der Waals surface area contributed by atoms with Crippen LogP contribution in [-0.2, 0) is 35.1 Å². The third kappa shape index (κ3) is 12.2. The average molecular weight is 929 g/mol. The van der Waals surface area contributed by atoms with Crippen molar-refractivity contribution in [1.29, 1.82) is 0 Å². The van der Waals surface area contributed by atoms with E-state index in [0.717, 1.165) is 43.6 Å². The molecule has 20 nitrogen and oxygen atoms in total. The van der Waals surface area contributed by atoms with Crippen molar-refractivity contribution in [1.82, 2.24) is 30.8 Å². The molecular formula is C47H64N10O10. The van der Waals surface area contributed by atoms with Gasteiger partial charge in [0, 0.05) is 67.9 Å². The molecule has 5 amide bonds. The zero-order valence-corrected chi connectivity index (χ0v) is 38.6. The molecule has 1 aliphatic carbocycles. The van der Waals surface area contributed by atoms with Crippen molar-refractivity contribution in [2.75, 3.05) is 93.9 Å². The van der Waals surface area contributed by atoms with Gasteiger partial charge in [-0.15, -0.1) is 0 Å². The summed E-state index contributed by atoms with van der Waals surface area (Å²) in [5.74, 6) is 0.120. The monoisotopic (exact) mass is 928 g/mol. The van der Waals surface area contributed by atoms with Gasteiger partial charge in [0.1, 0.15) is 23.7 Å². The number of piperidine rings is 1. The summed E-state index contributed by atoms with van der Waals surface area (Å²) in [6, 6.07) is 9.79. The number of hydrogen-bond acceptors (Lipinski definition) is 16. The SMILES string of the molecule is CC[C@@H]1C(O)N(C)c2cnc(Nc3ccc(C(=O)NCCOCCOCCOCCNCCCC(=O)Nc4cccc5c4CN(C4CCC(=O)NC4=O)C5=O)cc3OC)nc2N1C1CCCC1. The Morgan fingerprint density at radius 2 is 1.67 bits per heavy atom.